The van der Waals surface area contributed by atoms with Crippen molar-refractivity contribution in [3.63, 3.8) is 0 Å². The number of nitrogens with one attached hydrogen (secondary N) is 2. The van der Waals surface area contributed by atoms with Gasteiger partial charge in [-0.2, -0.15) is 0 Å². The molecule has 6 heteroatoms. The lowest BCUT2D eigenvalue weighted by atomic mass is 9.53. The molecular formula is C26H33N3O3. The van der Waals surface area contributed by atoms with Crippen LogP contribution in [0.5, 0.6) is 0 Å². The van der Waals surface area contributed by atoms with Crippen molar-refractivity contribution in [2.75, 3.05) is 6.54 Å². The zero-order chi connectivity index (χ0) is 22.0. The third kappa shape index (κ3) is 4.84. The van der Waals surface area contributed by atoms with Crippen molar-refractivity contribution in [2.24, 2.45) is 17.8 Å². The van der Waals surface area contributed by atoms with Crippen LogP contribution < -0.4 is 10.6 Å². The van der Waals surface area contributed by atoms with Crippen LogP contribution in [0.25, 0.3) is 0 Å². The van der Waals surface area contributed by atoms with Gasteiger partial charge in [-0.25, -0.2) is 4.79 Å². The number of carbonyl (C=O) groups is 2. The highest BCUT2D eigenvalue weighted by Crippen LogP contribution is 2.55. The highest BCUT2D eigenvalue weighted by atomic mass is 16.3. The Morgan fingerprint density at radius 2 is 1.62 bits per heavy atom. The van der Waals surface area contributed by atoms with Gasteiger partial charge in [-0.05, 0) is 74.0 Å². The van der Waals surface area contributed by atoms with E-state index in [1.807, 2.05) is 42.5 Å². The molecule has 1 heterocycles. The SMILES string of the molecule is O=C(NCCC(=O)N(Cc1ccccc1)Cc1ccco1)NC12CC3CC(CC(C3)C1)C2. The largest absolute Gasteiger partial charge is 0.467 e. The summed E-state index contributed by atoms with van der Waals surface area (Å²) in [5, 5.41) is 6.26. The summed E-state index contributed by atoms with van der Waals surface area (Å²) >= 11 is 0. The molecule has 4 fully saturated rings. The summed E-state index contributed by atoms with van der Waals surface area (Å²) in [4.78, 5) is 27.4. The van der Waals surface area contributed by atoms with E-state index in [4.69, 9.17) is 4.42 Å². The smallest absolute Gasteiger partial charge is 0.315 e. The molecular weight excluding hydrogens is 402 g/mol. The van der Waals surface area contributed by atoms with Crippen molar-refractivity contribution in [2.45, 2.75) is 63.6 Å². The fourth-order valence-electron chi connectivity index (χ4n) is 6.62. The van der Waals surface area contributed by atoms with Gasteiger partial charge in [-0.15, -0.1) is 0 Å². The molecule has 4 aliphatic carbocycles. The van der Waals surface area contributed by atoms with Crippen molar-refractivity contribution in [1.82, 2.24) is 15.5 Å². The number of amides is 3. The van der Waals surface area contributed by atoms with Crippen LogP contribution in [-0.2, 0) is 17.9 Å². The Kier molecular flexibility index (Phi) is 5.94. The number of benzene rings is 1. The van der Waals surface area contributed by atoms with E-state index in [0.717, 1.165) is 48.3 Å². The quantitative estimate of drug-likeness (QED) is 0.643. The Balaban J connectivity index is 1.13. The van der Waals surface area contributed by atoms with Crippen LogP contribution in [0.2, 0.25) is 0 Å². The molecule has 1 aromatic carbocycles. The fourth-order valence-corrected chi connectivity index (χ4v) is 6.62. The number of carbonyl (C=O) groups excluding carboxylic acids is 2. The first kappa shape index (κ1) is 21.1. The Morgan fingerprint density at radius 3 is 2.25 bits per heavy atom. The minimum absolute atomic E-state index is 0.000331. The predicted molar refractivity (Wildman–Crippen MR) is 121 cm³/mol. The number of hydrogen-bond donors (Lipinski definition) is 2. The van der Waals surface area contributed by atoms with E-state index in [2.05, 4.69) is 10.6 Å². The van der Waals surface area contributed by atoms with Gasteiger partial charge in [0.25, 0.3) is 0 Å². The average Bonchev–Trinajstić information content (AvgIpc) is 3.26. The lowest BCUT2D eigenvalue weighted by Crippen LogP contribution is -2.61. The standard InChI is InChI=1S/C26H33N3O3/c30-24(29(18-23-7-4-10-32-23)17-19-5-2-1-3-6-19)8-9-27-25(31)28-26-14-20-11-21(15-26)13-22(12-20)16-26/h1-7,10,20-22H,8-9,11-18H2,(H2,27,28,31). The van der Waals surface area contributed by atoms with Crippen LogP contribution in [0, 0.1) is 17.8 Å². The van der Waals surface area contributed by atoms with Crippen molar-refractivity contribution in [1.29, 1.82) is 0 Å². The normalized spacial score (nSPS) is 27.8. The number of nitrogens with zero attached hydrogens (tertiary/aromatic N) is 1. The van der Waals surface area contributed by atoms with Crippen LogP contribution in [0.3, 0.4) is 0 Å². The molecule has 4 aliphatic rings. The molecule has 4 bridgehead atoms. The molecule has 170 valence electrons. The molecule has 6 rings (SSSR count). The summed E-state index contributed by atoms with van der Waals surface area (Å²) in [7, 11) is 0. The first-order valence-corrected chi connectivity index (χ1v) is 12.0. The van der Waals surface area contributed by atoms with E-state index in [0.29, 0.717) is 19.6 Å². The first-order chi connectivity index (χ1) is 15.6. The Hall–Kier alpha value is -2.76. The maximum absolute atomic E-state index is 13.0. The van der Waals surface area contributed by atoms with Crippen molar-refractivity contribution in [3.05, 3.63) is 60.1 Å². The minimum atomic E-state index is -0.125. The van der Waals surface area contributed by atoms with Crippen molar-refractivity contribution >= 4 is 11.9 Å². The number of furan rings is 1. The minimum Gasteiger partial charge on any atom is -0.467 e. The molecule has 0 saturated heterocycles. The van der Waals surface area contributed by atoms with Gasteiger partial charge in [0.2, 0.25) is 5.91 Å². The van der Waals surface area contributed by atoms with Crippen molar-refractivity contribution < 1.29 is 14.0 Å². The van der Waals surface area contributed by atoms with E-state index in [1.165, 1.54) is 19.3 Å². The zero-order valence-corrected chi connectivity index (χ0v) is 18.6. The summed E-state index contributed by atoms with van der Waals surface area (Å²) in [6.07, 6.45) is 9.31. The van der Waals surface area contributed by atoms with Crippen LogP contribution >= 0.6 is 0 Å². The number of rotatable bonds is 8. The topological polar surface area (TPSA) is 74.6 Å². The summed E-state index contributed by atoms with van der Waals surface area (Å²) < 4.78 is 5.46. The van der Waals surface area contributed by atoms with Gasteiger partial charge >= 0.3 is 6.03 Å². The fraction of sp³-hybridized carbons (Fsp3) is 0.538. The second-order valence-corrected chi connectivity index (χ2v) is 10.1. The zero-order valence-electron chi connectivity index (χ0n) is 18.6. The van der Waals surface area contributed by atoms with E-state index < -0.39 is 0 Å². The third-order valence-corrected chi connectivity index (χ3v) is 7.54. The second kappa shape index (κ2) is 9.00. The Morgan fingerprint density at radius 1 is 0.938 bits per heavy atom. The second-order valence-electron chi connectivity index (χ2n) is 10.1. The summed E-state index contributed by atoms with van der Waals surface area (Å²) in [5.74, 6) is 3.12. The number of hydrogen-bond acceptors (Lipinski definition) is 3. The van der Waals surface area contributed by atoms with Crippen LogP contribution in [0.1, 0.15) is 56.3 Å². The van der Waals surface area contributed by atoms with Gasteiger partial charge in [-0.3, -0.25) is 4.79 Å². The molecule has 0 radical (unpaired) electrons. The highest BCUT2D eigenvalue weighted by molar-refractivity contribution is 5.78. The van der Waals surface area contributed by atoms with Gasteiger partial charge in [0.1, 0.15) is 5.76 Å². The van der Waals surface area contributed by atoms with Gasteiger partial charge in [0, 0.05) is 25.0 Å². The Bertz CT molecular complexity index is 890. The molecule has 3 amide bonds. The Labute approximate surface area is 189 Å². The van der Waals surface area contributed by atoms with E-state index in [1.54, 1.807) is 11.2 Å². The maximum atomic E-state index is 13.0. The van der Waals surface area contributed by atoms with E-state index >= 15 is 0 Å². The third-order valence-electron chi connectivity index (χ3n) is 7.54. The van der Waals surface area contributed by atoms with Gasteiger partial charge < -0.3 is 20.0 Å². The number of urea groups is 1. The van der Waals surface area contributed by atoms with E-state index in [9.17, 15) is 9.59 Å². The molecule has 2 aromatic rings. The molecule has 0 unspecified atom stereocenters. The molecule has 2 N–H and O–H groups in total. The van der Waals surface area contributed by atoms with Gasteiger partial charge in [0.05, 0.1) is 12.8 Å². The molecule has 0 atom stereocenters. The molecule has 4 saturated carbocycles. The predicted octanol–water partition coefficient (Wildman–Crippen LogP) is 4.47. The van der Waals surface area contributed by atoms with Crippen LogP contribution in [0.15, 0.2) is 53.1 Å². The van der Waals surface area contributed by atoms with Gasteiger partial charge in [0.15, 0.2) is 0 Å². The lowest BCUT2D eigenvalue weighted by Gasteiger charge is -2.56. The molecule has 0 spiro atoms. The molecule has 0 aliphatic heterocycles. The highest BCUT2D eigenvalue weighted by Gasteiger charge is 2.51. The first-order valence-electron chi connectivity index (χ1n) is 12.0. The lowest BCUT2D eigenvalue weighted by molar-refractivity contribution is -0.132. The van der Waals surface area contributed by atoms with E-state index in [-0.39, 0.29) is 23.9 Å². The van der Waals surface area contributed by atoms with Crippen LogP contribution in [0.4, 0.5) is 4.79 Å². The summed E-state index contributed by atoms with van der Waals surface area (Å²) in [6.45, 7) is 1.26. The molecule has 32 heavy (non-hydrogen) atoms. The molecule has 1 aromatic heterocycles. The van der Waals surface area contributed by atoms with Crippen LogP contribution in [-0.4, -0.2) is 28.9 Å². The average molecular weight is 436 g/mol. The maximum Gasteiger partial charge on any atom is 0.315 e. The van der Waals surface area contributed by atoms with Crippen molar-refractivity contribution in [3.8, 4) is 0 Å². The summed E-state index contributed by atoms with van der Waals surface area (Å²) in [5.41, 5.74) is 1.06. The summed E-state index contributed by atoms with van der Waals surface area (Å²) in [6, 6.07) is 13.5. The monoisotopic (exact) mass is 435 g/mol. The van der Waals surface area contributed by atoms with Gasteiger partial charge in [-0.1, -0.05) is 30.3 Å². The molecule has 6 nitrogen and oxygen atoms in total.